The van der Waals surface area contributed by atoms with E-state index in [1.165, 1.54) is 15.4 Å². The summed E-state index contributed by atoms with van der Waals surface area (Å²) in [4.78, 5) is 12.9. The Morgan fingerprint density at radius 3 is 2.31 bits per heavy atom. The predicted octanol–water partition coefficient (Wildman–Crippen LogP) is 4.56. The maximum atomic E-state index is 13.4. The standard InChI is InChI=1S/C26H30N2O3S/c1-20-9-7-10-23(17-20)11-8-16-27-26(29)19-28(25-18-21(2)14-15-22(25)3)32(30,31)24-12-5-4-6-13-24/h4-7,9-10,12-15,17-18H,8,11,16,19H2,1-3H3,(H,27,29). The van der Waals surface area contributed by atoms with Crippen molar-refractivity contribution in [1.29, 1.82) is 0 Å². The Morgan fingerprint density at radius 1 is 0.875 bits per heavy atom. The van der Waals surface area contributed by atoms with Crippen LogP contribution in [-0.2, 0) is 21.2 Å². The summed E-state index contributed by atoms with van der Waals surface area (Å²) in [7, 11) is -3.89. The molecule has 5 nitrogen and oxygen atoms in total. The molecule has 0 heterocycles. The summed E-state index contributed by atoms with van der Waals surface area (Å²) in [5.74, 6) is -0.324. The molecule has 0 aliphatic heterocycles. The average molecular weight is 451 g/mol. The van der Waals surface area contributed by atoms with E-state index in [2.05, 4.69) is 30.4 Å². The molecule has 0 saturated heterocycles. The lowest BCUT2D eigenvalue weighted by atomic mass is 10.1. The van der Waals surface area contributed by atoms with Gasteiger partial charge in [0, 0.05) is 6.54 Å². The predicted molar refractivity (Wildman–Crippen MR) is 129 cm³/mol. The molecule has 3 aromatic rings. The molecule has 0 spiro atoms. The van der Waals surface area contributed by atoms with E-state index in [0.717, 1.165) is 24.0 Å². The van der Waals surface area contributed by atoms with Crippen LogP contribution in [0.15, 0.2) is 77.7 Å². The first-order chi connectivity index (χ1) is 15.3. The first kappa shape index (κ1) is 23.5. The maximum Gasteiger partial charge on any atom is 0.264 e. The first-order valence-electron chi connectivity index (χ1n) is 10.7. The van der Waals surface area contributed by atoms with Crippen molar-refractivity contribution in [1.82, 2.24) is 5.32 Å². The number of nitrogens with zero attached hydrogens (tertiary/aromatic N) is 1. The summed E-state index contributed by atoms with van der Waals surface area (Å²) in [6.07, 6.45) is 1.63. The van der Waals surface area contributed by atoms with Crippen LogP contribution < -0.4 is 9.62 Å². The van der Waals surface area contributed by atoms with E-state index in [0.29, 0.717) is 12.2 Å². The van der Waals surface area contributed by atoms with Crippen molar-refractivity contribution in [2.24, 2.45) is 0 Å². The Morgan fingerprint density at radius 2 is 1.59 bits per heavy atom. The van der Waals surface area contributed by atoms with Gasteiger partial charge >= 0.3 is 0 Å². The number of nitrogens with one attached hydrogen (secondary N) is 1. The molecular formula is C26H30N2O3S. The Bertz CT molecular complexity index is 1170. The largest absolute Gasteiger partial charge is 0.355 e. The van der Waals surface area contributed by atoms with Gasteiger partial charge < -0.3 is 5.32 Å². The van der Waals surface area contributed by atoms with Crippen LogP contribution in [0.4, 0.5) is 5.69 Å². The molecule has 3 rings (SSSR count). The monoisotopic (exact) mass is 450 g/mol. The molecule has 32 heavy (non-hydrogen) atoms. The van der Waals surface area contributed by atoms with E-state index >= 15 is 0 Å². The number of rotatable bonds is 9. The van der Waals surface area contributed by atoms with Gasteiger partial charge in [-0.25, -0.2) is 8.42 Å². The van der Waals surface area contributed by atoms with Crippen LogP contribution in [0.2, 0.25) is 0 Å². The third-order valence-corrected chi connectivity index (χ3v) is 7.07. The molecule has 0 aliphatic rings. The van der Waals surface area contributed by atoms with Gasteiger partial charge in [0.25, 0.3) is 10.0 Å². The minimum absolute atomic E-state index is 0.160. The molecule has 0 fully saturated rings. The fraction of sp³-hybridized carbons (Fsp3) is 0.269. The van der Waals surface area contributed by atoms with Gasteiger partial charge in [-0.1, -0.05) is 60.2 Å². The minimum atomic E-state index is -3.89. The van der Waals surface area contributed by atoms with Crippen LogP contribution in [-0.4, -0.2) is 27.4 Å². The van der Waals surface area contributed by atoms with Gasteiger partial charge in [0.15, 0.2) is 0 Å². The number of benzene rings is 3. The topological polar surface area (TPSA) is 66.5 Å². The molecule has 1 N–H and O–H groups in total. The van der Waals surface area contributed by atoms with Gasteiger partial charge in [-0.05, 0) is 68.5 Å². The van der Waals surface area contributed by atoms with E-state index in [-0.39, 0.29) is 17.3 Å². The molecule has 168 valence electrons. The number of hydrogen-bond acceptors (Lipinski definition) is 3. The second kappa shape index (κ2) is 10.5. The van der Waals surface area contributed by atoms with Crippen molar-refractivity contribution in [2.45, 2.75) is 38.5 Å². The summed E-state index contributed by atoms with van der Waals surface area (Å²) in [6, 6.07) is 22.1. The zero-order valence-electron chi connectivity index (χ0n) is 18.8. The second-order valence-corrected chi connectivity index (χ2v) is 9.92. The minimum Gasteiger partial charge on any atom is -0.355 e. The van der Waals surface area contributed by atoms with Crippen LogP contribution in [0.5, 0.6) is 0 Å². The molecule has 0 radical (unpaired) electrons. The number of anilines is 1. The number of hydrogen-bond donors (Lipinski definition) is 1. The van der Waals surface area contributed by atoms with Gasteiger partial charge in [-0.2, -0.15) is 0 Å². The van der Waals surface area contributed by atoms with Gasteiger partial charge in [-0.3, -0.25) is 9.10 Å². The molecule has 0 atom stereocenters. The Kier molecular flexibility index (Phi) is 7.70. The Labute approximate surface area is 191 Å². The number of carbonyl (C=O) groups excluding carboxylic acids is 1. The summed E-state index contributed by atoms with van der Waals surface area (Å²) in [5, 5.41) is 2.88. The molecule has 1 amide bonds. The highest BCUT2D eigenvalue weighted by molar-refractivity contribution is 7.92. The average Bonchev–Trinajstić information content (AvgIpc) is 2.77. The summed E-state index contributed by atoms with van der Waals surface area (Å²) in [6.45, 7) is 6.02. The molecule has 6 heteroatoms. The second-order valence-electron chi connectivity index (χ2n) is 8.06. The third-order valence-electron chi connectivity index (χ3n) is 5.30. The maximum absolute atomic E-state index is 13.4. The fourth-order valence-electron chi connectivity index (χ4n) is 3.58. The highest BCUT2D eigenvalue weighted by atomic mass is 32.2. The van der Waals surface area contributed by atoms with Crippen LogP contribution in [0, 0.1) is 20.8 Å². The SMILES string of the molecule is Cc1cccc(CCCNC(=O)CN(c2cc(C)ccc2C)S(=O)(=O)c2ccccc2)c1. The van der Waals surface area contributed by atoms with Crippen molar-refractivity contribution in [3.05, 3.63) is 95.1 Å². The highest BCUT2D eigenvalue weighted by Gasteiger charge is 2.28. The van der Waals surface area contributed by atoms with Gasteiger partial charge in [-0.15, -0.1) is 0 Å². The summed E-state index contributed by atoms with van der Waals surface area (Å²) in [5.41, 5.74) is 4.67. The van der Waals surface area contributed by atoms with Crippen molar-refractivity contribution < 1.29 is 13.2 Å². The van der Waals surface area contributed by atoms with Crippen LogP contribution >= 0.6 is 0 Å². The van der Waals surface area contributed by atoms with E-state index in [1.54, 1.807) is 36.4 Å². The van der Waals surface area contributed by atoms with E-state index in [4.69, 9.17) is 0 Å². The number of sulfonamides is 1. The molecule has 3 aromatic carbocycles. The van der Waals surface area contributed by atoms with E-state index in [9.17, 15) is 13.2 Å². The molecule has 0 unspecified atom stereocenters. The fourth-order valence-corrected chi connectivity index (χ4v) is 5.08. The van der Waals surface area contributed by atoms with Crippen molar-refractivity contribution >= 4 is 21.6 Å². The van der Waals surface area contributed by atoms with Crippen LogP contribution in [0.3, 0.4) is 0 Å². The Hall–Kier alpha value is -3.12. The van der Waals surface area contributed by atoms with Crippen molar-refractivity contribution in [2.75, 3.05) is 17.4 Å². The van der Waals surface area contributed by atoms with Crippen molar-refractivity contribution in [3.63, 3.8) is 0 Å². The smallest absolute Gasteiger partial charge is 0.264 e. The van der Waals surface area contributed by atoms with Gasteiger partial charge in [0.1, 0.15) is 6.54 Å². The number of carbonyl (C=O) groups is 1. The van der Waals surface area contributed by atoms with Crippen molar-refractivity contribution in [3.8, 4) is 0 Å². The molecule has 0 aliphatic carbocycles. The number of aryl methyl sites for hydroxylation is 4. The quantitative estimate of drug-likeness (QED) is 0.486. The molecular weight excluding hydrogens is 420 g/mol. The molecule has 0 bridgehead atoms. The lowest BCUT2D eigenvalue weighted by Crippen LogP contribution is -2.41. The van der Waals surface area contributed by atoms with Gasteiger partial charge in [0.2, 0.25) is 5.91 Å². The van der Waals surface area contributed by atoms with Crippen LogP contribution in [0.25, 0.3) is 0 Å². The third kappa shape index (κ3) is 5.98. The molecule has 0 saturated carbocycles. The number of amides is 1. The highest BCUT2D eigenvalue weighted by Crippen LogP contribution is 2.27. The van der Waals surface area contributed by atoms with Crippen LogP contribution in [0.1, 0.15) is 28.7 Å². The lowest BCUT2D eigenvalue weighted by Gasteiger charge is -2.26. The zero-order chi connectivity index (χ0) is 23.1. The normalized spacial score (nSPS) is 11.2. The molecule has 0 aromatic heterocycles. The van der Waals surface area contributed by atoms with E-state index < -0.39 is 10.0 Å². The Balaban J connectivity index is 1.74. The van der Waals surface area contributed by atoms with Gasteiger partial charge in [0.05, 0.1) is 10.6 Å². The van der Waals surface area contributed by atoms with E-state index in [1.807, 2.05) is 32.0 Å². The lowest BCUT2D eigenvalue weighted by molar-refractivity contribution is -0.119. The zero-order valence-corrected chi connectivity index (χ0v) is 19.7. The first-order valence-corrected chi connectivity index (χ1v) is 12.2. The summed E-state index contributed by atoms with van der Waals surface area (Å²) >= 11 is 0. The summed E-state index contributed by atoms with van der Waals surface area (Å²) < 4.78 is 28.1.